The van der Waals surface area contributed by atoms with Crippen LogP contribution in [-0.4, -0.2) is 25.0 Å². The Morgan fingerprint density at radius 1 is 1.18 bits per heavy atom. The molecule has 0 amide bonds. The van der Waals surface area contributed by atoms with Crippen LogP contribution >= 0.6 is 0 Å². The number of hydrogen-bond donors (Lipinski definition) is 2. The molecule has 4 rings (SSSR count). The van der Waals surface area contributed by atoms with Crippen LogP contribution in [0.3, 0.4) is 0 Å². The molecule has 1 unspecified atom stereocenters. The van der Waals surface area contributed by atoms with Crippen molar-refractivity contribution in [2.24, 2.45) is 0 Å². The van der Waals surface area contributed by atoms with Crippen molar-refractivity contribution in [1.82, 2.24) is 5.32 Å². The number of aromatic hydroxyl groups is 1. The summed E-state index contributed by atoms with van der Waals surface area (Å²) in [6, 6.07) is 9.63. The third-order valence-corrected chi connectivity index (χ3v) is 4.64. The molecule has 4 heteroatoms. The van der Waals surface area contributed by atoms with Gasteiger partial charge in [0.05, 0.1) is 0 Å². The predicted octanol–water partition coefficient (Wildman–Crippen LogP) is 2.71. The van der Waals surface area contributed by atoms with Crippen LogP contribution < -0.4 is 14.8 Å². The minimum atomic E-state index is 0.256. The topological polar surface area (TPSA) is 50.7 Å². The number of nitrogens with one attached hydrogen (secondary N) is 1. The summed E-state index contributed by atoms with van der Waals surface area (Å²) in [4.78, 5) is 0. The van der Waals surface area contributed by atoms with Gasteiger partial charge in [0.25, 0.3) is 0 Å². The van der Waals surface area contributed by atoms with Crippen LogP contribution in [0.4, 0.5) is 0 Å². The molecule has 0 radical (unpaired) electrons. The lowest BCUT2D eigenvalue weighted by Gasteiger charge is -2.20. The lowest BCUT2D eigenvalue weighted by Crippen LogP contribution is -2.20. The standard InChI is InChI=1S/C18H19NO3/c1-11-14-6-7-19-9-16(12-2-4-13(20)5-3-12)15(14)8-17-18(11)22-10-21-17/h2-5,8,16,19-20H,6-7,9-10H2,1H3. The maximum atomic E-state index is 9.52. The third-order valence-electron chi connectivity index (χ3n) is 4.64. The van der Waals surface area contributed by atoms with E-state index >= 15 is 0 Å². The minimum Gasteiger partial charge on any atom is -0.508 e. The summed E-state index contributed by atoms with van der Waals surface area (Å²) < 4.78 is 11.2. The average Bonchev–Trinajstić information content (AvgIpc) is 2.89. The molecule has 0 aromatic heterocycles. The van der Waals surface area contributed by atoms with Crippen molar-refractivity contribution >= 4 is 0 Å². The zero-order valence-corrected chi connectivity index (χ0v) is 12.6. The highest BCUT2D eigenvalue weighted by molar-refractivity contribution is 5.58. The van der Waals surface area contributed by atoms with Gasteiger partial charge in [0.2, 0.25) is 6.79 Å². The fourth-order valence-electron chi connectivity index (χ4n) is 3.49. The van der Waals surface area contributed by atoms with Gasteiger partial charge in [-0.05, 0) is 60.3 Å². The normalized spacial score (nSPS) is 19.6. The SMILES string of the molecule is Cc1c2c(cc3c1OCO3)C(c1ccc(O)cc1)CNCC2. The Balaban J connectivity index is 1.86. The van der Waals surface area contributed by atoms with E-state index in [-0.39, 0.29) is 5.92 Å². The van der Waals surface area contributed by atoms with E-state index in [1.165, 1.54) is 22.3 Å². The smallest absolute Gasteiger partial charge is 0.231 e. The number of rotatable bonds is 1. The lowest BCUT2D eigenvalue weighted by molar-refractivity contribution is 0.173. The minimum absolute atomic E-state index is 0.256. The molecule has 114 valence electrons. The van der Waals surface area contributed by atoms with Crippen molar-refractivity contribution < 1.29 is 14.6 Å². The van der Waals surface area contributed by atoms with E-state index in [9.17, 15) is 5.11 Å². The summed E-state index contributed by atoms with van der Waals surface area (Å²) in [6.45, 7) is 4.27. The molecule has 0 saturated heterocycles. The molecule has 2 aromatic rings. The molecule has 2 aliphatic heterocycles. The van der Waals surface area contributed by atoms with Gasteiger partial charge in [0, 0.05) is 12.5 Å². The van der Waals surface area contributed by atoms with Crippen LogP contribution in [0.25, 0.3) is 0 Å². The second-order valence-electron chi connectivity index (χ2n) is 5.90. The summed E-state index contributed by atoms with van der Waals surface area (Å²) in [5.74, 6) is 2.30. The van der Waals surface area contributed by atoms with Crippen LogP contribution in [0.1, 0.15) is 28.2 Å². The second kappa shape index (κ2) is 5.21. The number of hydrogen-bond acceptors (Lipinski definition) is 4. The van der Waals surface area contributed by atoms with E-state index < -0.39 is 0 Å². The predicted molar refractivity (Wildman–Crippen MR) is 83.8 cm³/mol. The Hall–Kier alpha value is -2.20. The number of ether oxygens (including phenoxy) is 2. The zero-order valence-electron chi connectivity index (χ0n) is 12.6. The molecule has 2 N–H and O–H groups in total. The first-order chi connectivity index (χ1) is 10.7. The summed E-state index contributed by atoms with van der Waals surface area (Å²) in [7, 11) is 0. The van der Waals surface area contributed by atoms with Gasteiger partial charge in [0.1, 0.15) is 5.75 Å². The fourth-order valence-corrected chi connectivity index (χ4v) is 3.49. The summed E-state index contributed by atoms with van der Waals surface area (Å²) in [5.41, 5.74) is 5.05. The van der Waals surface area contributed by atoms with E-state index in [0.717, 1.165) is 31.0 Å². The molecule has 2 aromatic carbocycles. The third kappa shape index (κ3) is 2.11. The highest BCUT2D eigenvalue weighted by Gasteiger charge is 2.27. The van der Waals surface area contributed by atoms with Gasteiger partial charge in [-0.25, -0.2) is 0 Å². The van der Waals surface area contributed by atoms with Gasteiger partial charge in [-0.15, -0.1) is 0 Å². The summed E-state index contributed by atoms with van der Waals surface area (Å²) in [6.07, 6.45) is 0.992. The average molecular weight is 297 g/mol. The van der Waals surface area contributed by atoms with Crippen molar-refractivity contribution in [2.75, 3.05) is 19.9 Å². The van der Waals surface area contributed by atoms with Crippen LogP contribution in [0.5, 0.6) is 17.2 Å². The van der Waals surface area contributed by atoms with Crippen molar-refractivity contribution in [3.05, 3.63) is 52.6 Å². The Morgan fingerprint density at radius 3 is 2.82 bits per heavy atom. The Kier molecular flexibility index (Phi) is 3.19. The number of fused-ring (bicyclic) bond motifs is 2. The van der Waals surface area contributed by atoms with Crippen molar-refractivity contribution in [2.45, 2.75) is 19.3 Å². The summed E-state index contributed by atoms with van der Waals surface area (Å²) >= 11 is 0. The zero-order chi connectivity index (χ0) is 15.1. The van der Waals surface area contributed by atoms with E-state index in [1.54, 1.807) is 12.1 Å². The lowest BCUT2D eigenvalue weighted by atomic mass is 9.86. The van der Waals surface area contributed by atoms with Crippen molar-refractivity contribution in [3.63, 3.8) is 0 Å². The van der Waals surface area contributed by atoms with Crippen LogP contribution in [0.15, 0.2) is 30.3 Å². The highest BCUT2D eigenvalue weighted by Crippen LogP contribution is 2.43. The van der Waals surface area contributed by atoms with Gasteiger partial charge >= 0.3 is 0 Å². The van der Waals surface area contributed by atoms with Gasteiger partial charge in [0.15, 0.2) is 11.5 Å². The van der Waals surface area contributed by atoms with Crippen LogP contribution in [0, 0.1) is 6.92 Å². The second-order valence-corrected chi connectivity index (χ2v) is 5.90. The van der Waals surface area contributed by atoms with Gasteiger partial charge in [-0.3, -0.25) is 0 Å². The molecule has 2 aliphatic rings. The van der Waals surface area contributed by atoms with Gasteiger partial charge in [-0.1, -0.05) is 12.1 Å². The summed E-state index contributed by atoms with van der Waals surface area (Å²) in [5, 5.41) is 13.0. The number of phenolic OH excluding ortho intramolecular Hbond substituents is 1. The molecule has 0 fully saturated rings. The number of benzene rings is 2. The Morgan fingerprint density at radius 2 is 2.00 bits per heavy atom. The first kappa shape index (κ1) is 13.5. The largest absolute Gasteiger partial charge is 0.508 e. The Bertz CT molecular complexity index is 709. The van der Waals surface area contributed by atoms with E-state index in [4.69, 9.17) is 9.47 Å². The molecule has 22 heavy (non-hydrogen) atoms. The Labute approximate surface area is 129 Å². The van der Waals surface area contributed by atoms with Crippen LogP contribution in [0.2, 0.25) is 0 Å². The molecule has 2 heterocycles. The number of phenols is 1. The quantitative estimate of drug-likeness (QED) is 0.850. The van der Waals surface area contributed by atoms with E-state index in [2.05, 4.69) is 18.3 Å². The van der Waals surface area contributed by atoms with Crippen molar-refractivity contribution in [1.29, 1.82) is 0 Å². The van der Waals surface area contributed by atoms with E-state index in [1.807, 2.05) is 12.1 Å². The van der Waals surface area contributed by atoms with Crippen LogP contribution in [-0.2, 0) is 6.42 Å². The molecule has 0 bridgehead atoms. The van der Waals surface area contributed by atoms with Gasteiger partial charge < -0.3 is 19.9 Å². The van der Waals surface area contributed by atoms with E-state index in [0.29, 0.717) is 12.5 Å². The molecule has 0 saturated carbocycles. The molecule has 0 aliphatic carbocycles. The first-order valence-corrected chi connectivity index (χ1v) is 7.65. The molecule has 4 nitrogen and oxygen atoms in total. The fraction of sp³-hybridized carbons (Fsp3) is 0.333. The molecular formula is C18H19NO3. The monoisotopic (exact) mass is 297 g/mol. The highest BCUT2D eigenvalue weighted by atomic mass is 16.7. The maximum Gasteiger partial charge on any atom is 0.231 e. The van der Waals surface area contributed by atoms with Crippen molar-refractivity contribution in [3.8, 4) is 17.2 Å². The molecule has 0 spiro atoms. The first-order valence-electron chi connectivity index (χ1n) is 7.65. The maximum absolute atomic E-state index is 9.52. The van der Waals surface area contributed by atoms with Gasteiger partial charge in [-0.2, -0.15) is 0 Å². The molecule has 1 atom stereocenters. The molecular weight excluding hydrogens is 278 g/mol.